The Bertz CT molecular complexity index is 894. The smallest absolute Gasteiger partial charge is 0.297 e. The van der Waals surface area contributed by atoms with Gasteiger partial charge in [0, 0.05) is 6.61 Å². The van der Waals surface area contributed by atoms with Crippen LogP contribution in [0.2, 0.25) is 0 Å². The second kappa shape index (κ2) is 36.5. The lowest BCUT2D eigenvalue weighted by Crippen LogP contribution is -2.16. The first-order valence-corrected chi connectivity index (χ1v) is 18.9. The SMILES string of the molecule is CCCCCCOCCOCCOCCOCCOCCOCCOCCOCCOCCOCCOCCOS(=O)(=O)c1ccccc1. The third kappa shape index (κ3) is 32.3. The monoisotopic (exact) mass is 726 g/mol. The van der Waals surface area contributed by atoms with Gasteiger partial charge in [-0.05, 0) is 18.6 Å². The molecule has 1 rings (SSSR count). The van der Waals surface area contributed by atoms with Crippen molar-refractivity contribution in [2.45, 2.75) is 37.5 Å². The fourth-order valence-corrected chi connectivity index (χ4v) is 4.70. The summed E-state index contributed by atoms with van der Waals surface area (Å²) in [7, 11) is -3.76. The second-order valence-electron chi connectivity index (χ2n) is 10.4. The average Bonchev–Trinajstić information content (AvgIpc) is 3.11. The molecule has 0 N–H and O–H groups in total. The first-order valence-electron chi connectivity index (χ1n) is 17.5. The molecule has 49 heavy (non-hydrogen) atoms. The summed E-state index contributed by atoms with van der Waals surface area (Å²) in [5.41, 5.74) is 0. The van der Waals surface area contributed by atoms with E-state index in [1.165, 1.54) is 31.4 Å². The van der Waals surface area contributed by atoms with E-state index in [-0.39, 0.29) is 18.1 Å². The van der Waals surface area contributed by atoms with E-state index < -0.39 is 10.1 Å². The molecule has 0 fully saturated rings. The molecule has 0 spiro atoms. The van der Waals surface area contributed by atoms with Gasteiger partial charge in [-0.1, -0.05) is 44.4 Å². The van der Waals surface area contributed by atoms with Crippen molar-refractivity contribution in [3.8, 4) is 0 Å². The molecule has 0 heterocycles. The lowest BCUT2D eigenvalue weighted by molar-refractivity contribution is -0.0277. The zero-order valence-electron chi connectivity index (χ0n) is 29.6. The molecule has 288 valence electrons. The third-order valence-corrected chi connectivity index (χ3v) is 7.69. The van der Waals surface area contributed by atoms with Gasteiger partial charge < -0.3 is 52.1 Å². The average molecular weight is 727 g/mol. The summed E-state index contributed by atoms with van der Waals surface area (Å²) < 4.78 is 88.9. The molecule has 0 aromatic heterocycles. The largest absolute Gasteiger partial charge is 0.379 e. The molecule has 0 unspecified atom stereocenters. The first-order chi connectivity index (χ1) is 24.2. The molecule has 14 nitrogen and oxygen atoms in total. The Morgan fingerprint density at radius 1 is 0.367 bits per heavy atom. The van der Waals surface area contributed by atoms with Gasteiger partial charge in [-0.15, -0.1) is 0 Å². The van der Waals surface area contributed by atoms with Crippen LogP contribution in [0.4, 0.5) is 0 Å². The van der Waals surface area contributed by atoms with E-state index in [0.717, 1.165) is 13.0 Å². The van der Waals surface area contributed by atoms with Gasteiger partial charge in [-0.25, -0.2) is 0 Å². The number of hydrogen-bond acceptors (Lipinski definition) is 14. The summed E-state index contributed by atoms with van der Waals surface area (Å²) in [5.74, 6) is 0. The summed E-state index contributed by atoms with van der Waals surface area (Å²) >= 11 is 0. The minimum atomic E-state index is -3.76. The molecule has 0 aliphatic carbocycles. The van der Waals surface area contributed by atoms with E-state index in [4.69, 9.17) is 56.3 Å². The fourth-order valence-electron chi connectivity index (χ4n) is 3.79. The predicted molar refractivity (Wildman–Crippen MR) is 183 cm³/mol. The maximum absolute atomic E-state index is 12.0. The van der Waals surface area contributed by atoms with Crippen LogP contribution in [0.5, 0.6) is 0 Å². The van der Waals surface area contributed by atoms with Crippen molar-refractivity contribution in [3.63, 3.8) is 0 Å². The first kappa shape index (κ1) is 45.7. The highest BCUT2D eigenvalue weighted by Crippen LogP contribution is 2.10. The molecule has 0 aliphatic rings. The summed E-state index contributed by atoms with van der Waals surface area (Å²) in [4.78, 5) is 0.121. The maximum Gasteiger partial charge on any atom is 0.297 e. The van der Waals surface area contributed by atoms with Gasteiger partial charge >= 0.3 is 0 Å². The van der Waals surface area contributed by atoms with Crippen LogP contribution >= 0.6 is 0 Å². The Hall–Kier alpha value is -1.31. The summed E-state index contributed by atoms with van der Waals surface area (Å²) in [6.45, 7) is 12.9. The summed E-state index contributed by atoms with van der Waals surface area (Å²) in [6.07, 6.45) is 4.87. The molecule has 1 aromatic carbocycles. The Kier molecular flexibility index (Phi) is 34.0. The number of hydrogen-bond donors (Lipinski definition) is 0. The summed E-state index contributed by atoms with van der Waals surface area (Å²) in [5, 5.41) is 0. The van der Waals surface area contributed by atoms with Crippen molar-refractivity contribution in [2.75, 3.05) is 152 Å². The van der Waals surface area contributed by atoms with Crippen LogP contribution in [0.15, 0.2) is 35.2 Å². The fraction of sp³-hybridized carbons (Fsp3) is 0.824. The highest BCUT2D eigenvalue weighted by molar-refractivity contribution is 7.86. The van der Waals surface area contributed by atoms with Crippen molar-refractivity contribution < 1.29 is 64.7 Å². The maximum atomic E-state index is 12.0. The van der Waals surface area contributed by atoms with Gasteiger partial charge in [0.05, 0.1) is 150 Å². The minimum Gasteiger partial charge on any atom is -0.379 e. The highest BCUT2D eigenvalue weighted by Gasteiger charge is 2.13. The minimum absolute atomic E-state index is 0.0576. The molecular formula is C34H62O14S. The lowest BCUT2D eigenvalue weighted by atomic mass is 10.2. The molecule has 0 amide bonds. The molecule has 0 bridgehead atoms. The van der Waals surface area contributed by atoms with Crippen LogP contribution in [0.3, 0.4) is 0 Å². The predicted octanol–water partition coefficient (Wildman–Crippen LogP) is 3.15. The van der Waals surface area contributed by atoms with Crippen molar-refractivity contribution >= 4 is 10.1 Å². The van der Waals surface area contributed by atoms with Crippen molar-refractivity contribution in [2.24, 2.45) is 0 Å². The third-order valence-electron chi connectivity index (χ3n) is 6.36. The second-order valence-corrected chi connectivity index (χ2v) is 12.0. The molecule has 0 atom stereocenters. The number of benzene rings is 1. The normalized spacial score (nSPS) is 11.9. The topological polar surface area (TPSA) is 145 Å². The number of ether oxygens (including phenoxy) is 11. The van der Waals surface area contributed by atoms with E-state index in [1.54, 1.807) is 18.2 Å². The Labute approximate surface area is 294 Å². The van der Waals surface area contributed by atoms with Crippen molar-refractivity contribution in [1.82, 2.24) is 0 Å². The standard InChI is InChI=1S/C34H62O14S/c1-2-3-4-8-11-37-12-13-38-14-15-39-16-17-40-18-19-41-20-21-42-22-23-43-24-25-44-26-27-45-28-29-46-30-31-47-32-33-48-49(35,36)34-9-6-5-7-10-34/h5-7,9-10H,2-4,8,11-33H2,1H3. The van der Waals surface area contributed by atoms with E-state index in [9.17, 15) is 8.42 Å². The number of unbranched alkanes of at least 4 members (excludes halogenated alkanes) is 3. The van der Waals surface area contributed by atoms with E-state index in [1.807, 2.05) is 0 Å². The molecule has 0 saturated carbocycles. The van der Waals surface area contributed by atoms with Crippen LogP contribution in [-0.4, -0.2) is 160 Å². The zero-order valence-corrected chi connectivity index (χ0v) is 30.4. The van der Waals surface area contributed by atoms with Crippen LogP contribution in [-0.2, 0) is 66.4 Å². The molecule has 1 aromatic rings. The van der Waals surface area contributed by atoms with Gasteiger partial charge in [0.25, 0.3) is 10.1 Å². The van der Waals surface area contributed by atoms with E-state index in [2.05, 4.69) is 6.92 Å². The Morgan fingerprint density at radius 3 is 0.959 bits per heavy atom. The van der Waals surface area contributed by atoms with Gasteiger partial charge in [0.15, 0.2) is 0 Å². The highest BCUT2D eigenvalue weighted by atomic mass is 32.2. The van der Waals surface area contributed by atoms with Crippen LogP contribution in [0.25, 0.3) is 0 Å². The van der Waals surface area contributed by atoms with Gasteiger partial charge in [0.2, 0.25) is 0 Å². The lowest BCUT2D eigenvalue weighted by Gasteiger charge is -2.09. The summed E-state index contributed by atoms with van der Waals surface area (Å²) in [6, 6.07) is 7.98. The van der Waals surface area contributed by atoms with Crippen molar-refractivity contribution in [3.05, 3.63) is 30.3 Å². The van der Waals surface area contributed by atoms with Crippen LogP contribution in [0.1, 0.15) is 32.6 Å². The van der Waals surface area contributed by atoms with E-state index in [0.29, 0.717) is 132 Å². The van der Waals surface area contributed by atoms with Crippen LogP contribution < -0.4 is 0 Å². The van der Waals surface area contributed by atoms with Crippen molar-refractivity contribution in [1.29, 1.82) is 0 Å². The molecule has 0 aliphatic heterocycles. The van der Waals surface area contributed by atoms with E-state index >= 15 is 0 Å². The molecular weight excluding hydrogens is 664 g/mol. The van der Waals surface area contributed by atoms with Gasteiger partial charge in [-0.3, -0.25) is 4.18 Å². The Balaban J connectivity index is 1.65. The zero-order chi connectivity index (χ0) is 35.2. The van der Waals surface area contributed by atoms with Gasteiger partial charge in [-0.2, -0.15) is 8.42 Å². The number of rotatable bonds is 40. The van der Waals surface area contributed by atoms with Crippen LogP contribution in [0, 0.1) is 0 Å². The quantitative estimate of drug-likeness (QED) is 0.0721. The van der Waals surface area contributed by atoms with Gasteiger partial charge in [0.1, 0.15) is 0 Å². The molecule has 0 saturated heterocycles. The Morgan fingerprint density at radius 2 is 0.653 bits per heavy atom. The molecule has 15 heteroatoms. The molecule has 0 radical (unpaired) electrons.